The molecule has 3 N–H and O–H groups in total. The number of likely N-dealkylation sites (N-methyl/N-ethyl adjacent to an activating group) is 2. The number of nitrogens with one attached hydrogen (secondary N) is 1. The van der Waals surface area contributed by atoms with Crippen molar-refractivity contribution in [2.24, 2.45) is 0 Å². The van der Waals surface area contributed by atoms with Crippen molar-refractivity contribution in [2.45, 2.75) is 6.92 Å². The quantitative estimate of drug-likeness (QED) is 0.660. The Balaban J connectivity index is 2.47. The van der Waals surface area contributed by atoms with Crippen molar-refractivity contribution in [3.8, 4) is 5.75 Å². The number of anilines is 1. The molecule has 0 aliphatic heterocycles. The molecule has 0 fully saturated rings. The van der Waals surface area contributed by atoms with Crippen LogP contribution in [0.25, 0.3) is 0 Å². The van der Waals surface area contributed by atoms with Crippen molar-refractivity contribution in [3.05, 3.63) is 24.3 Å². The predicted molar refractivity (Wildman–Crippen MR) is 81.4 cm³/mol. The van der Waals surface area contributed by atoms with E-state index in [-0.39, 0.29) is 24.8 Å². The molecule has 0 aromatic heterocycles. The number of hydrogen-bond donors (Lipinski definition) is 2. The molecule has 0 radical (unpaired) electrons. The van der Waals surface area contributed by atoms with Gasteiger partial charge in [-0.05, 0) is 19.1 Å². The van der Waals surface area contributed by atoms with E-state index < -0.39 is 10.0 Å². The van der Waals surface area contributed by atoms with Crippen molar-refractivity contribution in [1.29, 1.82) is 0 Å². The number of benzene rings is 1. The fourth-order valence-electron chi connectivity index (χ4n) is 1.58. The van der Waals surface area contributed by atoms with Gasteiger partial charge in [0.05, 0.1) is 12.3 Å². The normalized spacial score (nSPS) is 11.4. The van der Waals surface area contributed by atoms with E-state index in [1.165, 1.54) is 7.05 Å². The van der Waals surface area contributed by atoms with Crippen molar-refractivity contribution >= 4 is 21.6 Å². The zero-order valence-electron chi connectivity index (χ0n) is 12.2. The van der Waals surface area contributed by atoms with Gasteiger partial charge in [-0.25, -0.2) is 8.42 Å². The molecule has 1 amide bonds. The van der Waals surface area contributed by atoms with E-state index in [1.807, 2.05) is 0 Å². The maximum absolute atomic E-state index is 12.0. The summed E-state index contributed by atoms with van der Waals surface area (Å²) in [7, 11) is -2.17. The van der Waals surface area contributed by atoms with Crippen LogP contribution in [0.5, 0.6) is 5.75 Å². The Hall–Kier alpha value is -1.80. The number of rotatable bonds is 8. The van der Waals surface area contributed by atoms with Gasteiger partial charge in [0.25, 0.3) is 0 Å². The second kappa shape index (κ2) is 7.84. The summed E-state index contributed by atoms with van der Waals surface area (Å²) < 4.78 is 30.3. The number of sulfonamides is 1. The molecule has 1 aromatic carbocycles. The highest BCUT2D eigenvalue weighted by atomic mass is 32.2. The average Bonchev–Trinajstić information content (AvgIpc) is 2.38. The Morgan fingerprint density at radius 1 is 1.43 bits per heavy atom. The van der Waals surface area contributed by atoms with Crippen LogP contribution in [0.3, 0.4) is 0 Å². The van der Waals surface area contributed by atoms with Gasteiger partial charge in [0.15, 0.2) is 0 Å². The molecule has 0 aliphatic carbocycles. The molecule has 7 nitrogen and oxygen atoms in total. The number of nitrogens with two attached hydrogens (primary N) is 1. The maximum Gasteiger partial charge on any atom is 0.235 e. The van der Waals surface area contributed by atoms with E-state index in [1.54, 1.807) is 31.2 Å². The average molecular weight is 315 g/mol. The maximum atomic E-state index is 12.0. The Kier molecular flexibility index (Phi) is 6.44. The van der Waals surface area contributed by atoms with E-state index >= 15 is 0 Å². The van der Waals surface area contributed by atoms with Crippen molar-refractivity contribution in [2.75, 3.05) is 38.2 Å². The number of carbonyl (C=O) groups is 1. The van der Waals surface area contributed by atoms with Crippen molar-refractivity contribution in [3.63, 3.8) is 0 Å². The zero-order valence-corrected chi connectivity index (χ0v) is 13.0. The first-order valence-electron chi connectivity index (χ1n) is 6.54. The number of amides is 1. The minimum atomic E-state index is -3.54. The fraction of sp³-hybridized carbons (Fsp3) is 0.462. The molecule has 1 aromatic rings. The molecule has 1 rings (SSSR count). The lowest BCUT2D eigenvalue weighted by molar-refractivity contribution is -0.121. The monoisotopic (exact) mass is 315 g/mol. The summed E-state index contributed by atoms with van der Waals surface area (Å²) in [6.07, 6.45) is 0. The van der Waals surface area contributed by atoms with Crippen molar-refractivity contribution < 1.29 is 17.9 Å². The topological polar surface area (TPSA) is 102 Å². The minimum absolute atomic E-state index is 0.00841. The first kappa shape index (κ1) is 17.3. The molecular formula is C13H21N3O4S. The smallest absolute Gasteiger partial charge is 0.235 e. The predicted octanol–water partition coefficient (Wildman–Crippen LogP) is 0.0453. The lowest BCUT2D eigenvalue weighted by atomic mass is 10.3. The second-order valence-corrected chi connectivity index (χ2v) is 6.64. The summed E-state index contributed by atoms with van der Waals surface area (Å²) in [6, 6.07) is 6.75. The largest absolute Gasteiger partial charge is 0.492 e. The van der Waals surface area contributed by atoms with Crippen LogP contribution in [0.2, 0.25) is 0 Å². The highest BCUT2D eigenvalue weighted by Crippen LogP contribution is 2.14. The highest BCUT2D eigenvalue weighted by Gasteiger charge is 2.20. The van der Waals surface area contributed by atoms with Crippen LogP contribution < -0.4 is 15.8 Å². The van der Waals surface area contributed by atoms with Gasteiger partial charge in [0.2, 0.25) is 15.9 Å². The molecule has 0 saturated heterocycles. The van der Waals surface area contributed by atoms with Gasteiger partial charge in [0.1, 0.15) is 12.4 Å². The highest BCUT2D eigenvalue weighted by molar-refractivity contribution is 7.89. The van der Waals surface area contributed by atoms with Gasteiger partial charge >= 0.3 is 0 Å². The lowest BCUT2D eigenvalue weighted by Gasteiger charge is -2.16. The summed E-state index contributed by atoms with van der Waals surface area (Å²) in [6.45, 7) is 2.02. The standard InChI is InChI=1S/C13H21N3O4S/c1-3-15-13(17)10-16(2)21(18,19)8-7-20-12-6-4-5-11(14)9-12/h4-6,9H,3,7-8,10,14H2,1-2H3,(H,15,17). The summed E-state index contributed by atoms with van der Waals surface area (Å²) >= 11 is 0. The summed E-state index contributed by atoms with van der Waals surface area (Å²) in [4.78, 5) is 11.4. The van der Waals surface area contributed by atoms with Gasteiger partial charge in [-0.3, -0.25) is 4.79 Å². The van der Waals surface area contributed by atoms with E-state index in [0.717, 1.165) is 4.31 Å². The molecule has 118 valence electrons. The summed E-state index contributed by atoms with van der Waals surface area (Å²) in [5, 5.41) is 2.55. The van der Waals surface area contributed by atoms with Crippen molar-refractivity contribution in [1.82, 2.24) is 9.62 Å². The van der Waals surface area contributed by atoms with Crippen LogP contribution in [0.1, 0.15) is 6.92 Å². The zero-order chi connectivity index (χ0) is 15.9. The van der Waals surface area contributed by atoms with Crippen LogP contribution in [0, 0.1) is 0 Å². The lowest BCUT2D eigenvalue weighted by Crippen LogP contribution is -2.40. The van der Waals surface area contributed by atoms with Gasteiger partial charge in [-0.1, -0.05) is 6.07 Å². The minimum Gasteiger partial charge on any atom is -0.492 e. The van der Waals surface area contributed by atoms with Gasteiger partial charge < -0.3 is 15.8 Å². The molecule has 0 saturated carbocycles. The van der Waals surface area contributed by atoms with Crippen LogP contribution in [0.4, 0.5) is 5.69 Å². The first-order chi connectivity index (χ1) is 9.85. The van der Waals surface area contributed by atoms with E-state index in [4.69, 9.17) is 10.5 Å². The van der Waals surface area contributed by atoms with E-state index in [0.29, 0.717) is 18.0 Å². The molecule has 21 heavy (non-hydrogen) atoms. The molecule has 8 heteroatoms. The van der Waals surface area contributed by atoms with Gasteiger partial charge in [0, 0.05) is 25.3 Å². The first-order valence-corrected chi connectivity index (χ1v) is 8.15. The molecule has 0 bridgehead atoms. The molecular weight excluding hydrogens is 294 g/mol. The number of nitrogen functional groups attached to an aromatic ring is 1. The van der Waals surface area contributed by atoms with Crippen LogP contribution in [-0.4, -0.2) is 51.1 Å². The fourth-order valence-corrected chi connectivity index (χ4v) is 2.50. The Labute approximate surface area is 125 Å². The Bertz CT molecular complexity index is 575. The number of carbonyl (C=O) groups excluding carboxylic acids is 1. The van der Waals surface area contributed by atoms with E-state index in [9.17, 15) is 13.2 Å². The molecule has 0 aliphatic rings. The third kappa shape index (κ3) is 6.01. The molecule has 0 heterocycles. The number of nitrogens with zero attached hydrogens (tertiary/aromatic N) is 1. The van der Waals surface area contributed by atoms with Crippen LogP contribution in [0.15, 0.2) is 24.3 Å². The molecule has 0 unspecified atom stereocenters. The Morgan fingerprint density at radius 2 is 2.14 bits per heavy atom. The third-order valence-corrected chi connectivity index (χ3v) is 4.44. The molecule has 0 spiro atoms. The summed E-state index contributed by atoms with van der Waals surface area (Å²) in [5.41, 5.74) is 6.14. The van der Waals surface area contributed by atoms with Crippen LogP contribution in [-0.2, 0) is 14.8 Å². The number of hydrogen-bond acceptors (Lipinski definition) is 5. The SMILES string of the molecule is CCNC(=O)CN(C)S(=O)(=O)CCOc1cccc(N)c1. The van der Waals surface area contributed by atoms with Gasteiger partial charge in [-0.2, -0.15) is 4.31 Å². The summed E-state index contributed by atoms with van der Waals surface area (Å²) in [5.74, 6) is -0.0329. The second-order valence-electron chi connectivity index (χ2n) is 4.45. The Morgan fingerprint density at radius 3 is 2.76 bits per heavy atom. The van der Waals surface area contributed by atoms with E-state index in [2.05, 4.69) is 5.32 Å². The molecule has 0 atom stereocenters. The van der Waals surface area contributed by atoms with Crippen LogP contribution >= 0.6 is 0 Å². The third-order valence-electron chi connectivity index (χ3n) is 2.68. The van der Waals surface area contributed by atoms with Gasteiger partial charge in [-0.15, -0.1) is 0 Å². The number of ether oxygens (including phenoxy) is 1.